The first-order valence-electron chi connectivity index (χ1n) is 10.6. The van der Waals surface area contributed by atoms with Crippen LogP contribution in [0, 0.1) is 10.1 Å². The third-order valence-corrected chi connectivity index (χ3v) is 6.04. The lowest BCUT2D eigenvalue weighted by molar-refractivity contribution is -0.384. The molecule has 2 amide bonds. The van der Waals surface area contributed by atoms with Crippen LogP contribution in [0.3, 0.4) is 0 Å². The Bertz CT molecular complexity index is 997. The van der Waals surface area contributed by atoms with Crippen molar-refractivity contribution in [3.63, 3.8) is 0 Å². The van der Waals surface area contributed by atoms with Crippen molar-refractivity contribution >= 4 is 29.3 Å². The number of likely N-dealkylation sites (tertiary alicyclic amines) is 1. The second kappa shape index (κ2) is 8.71. The topological polar surface area (TPSA) is 92.5 Å². The van der Waals surface area contributed by atoms with Crippen molar-refractivity contribution in [2.75, 3.05) is 5.32 Å². The molecule has 0 spiro atoms. The van der Waals surface area contributed by atoms with Crippen LogP contribution in [-0.2, 0) is 9.59 Å². The molecule has 0 unspecified atom stereocenters. The van der Waals surface area contributed by atoms with E-state index in [-0.39, 0.29) is 30.0 Å². The van der Waals surface area contributed by atoms with Crippen molar-refractivity contribution in [2.45, 2.75) is 50.1 Å². The maximum absolute atomic E-state index is 13.6. The van der Waals surface area contributed by atoms with E-state index in [0.29, 0.717) is 5.69 Å². The van der Waals surface area contributed by atoms with Crippen molar-refractivity contribution < 1.29 is 14.5 Å². The van der Waals surface area contributed by atoms with Crippen molar-refractivity contribution in [2.24, 2.45) is 0 Å². The number of nitro groups is 1. The molecule has 1 heterocycles. The normalized spacial score (nSPS) is 22.3. The summed E-state index contributed by atoms with van der Waals surface area (Å²) in [6.45, 7) is 0. The number of nitro benzene ring substituents is 1. The molecule has 1 aliphatic carbocycles. The van der Waals surface area contributed by atoms with Crippen LogP contribution in [0.15, 0.2) is 60.7 Å². The van der Waals surface area contributed by atoms with Gasteiger partial charge in [0.05, 0.1) is 11.3 Å². The van der Waals surface area contributed by atoms with Crippen LogP contribution in [-0.4, -0.2) is 33.2 Å². The standard InChI is InChI=1S/C24H25N3O4/c28-22-17-24(16-15-18-7-3-1-4-8-18,23(29)26(22)20-9-5-2-6-10-20)25-19-11-13-21(14-12-19)27(30)31/h1,3-4,7-8,11-16,20,25H,2,5-6,9-10,17H2/b16-15+/t24-/m1/s1. The summed E-state index contributed by atoms with van der Waals surface area (Å²) in [5.74, 6) is -0.432. The number of benzene rings is 2. The van der Waals surface area contributed by atoms with Gasteiger partial charge in [-0.3, -0.25) is 24.6 Å². The molecule has 0 bridgehead atoms. The van der Waals surface area contributed by atoms with Gasteiger partial charge in [-0.1, -0.05) is 55.7 Å². The van der Waals surface area contributed by atoms with E-state index in [4.69, 9.17) is 0 Å². The first-order chi connectivity index (χ1) is 15.0. The highest BCUT2D eigenvalue weighted by molar-refractivity contribution is 6.12. The number of carbonyl (C=O) groups is 2. The third kappa shape index (κ3) is 4.35. The maximum atomic E-state index is 13.6. The van der Waals surface area contributed by atoms with Gasteiger partial charge in [0, 0.05) is 23.9 Å². The van der Waals surface area contributed by atoms with Gasteiger partial charge in [-0.25, -0.2) is 0 Å². The fourth-order valence-electron chi connectivity index (χ4n) is 4.43. The van der Waals surface area contributed by atoms with Crippen molar-refractivity contribution in [1.29, 1.82) is 0 Å². The minimum atomic E-state index is -1.22. The molecule has 2 aliphatic rings. The Morgan fingerprint density at radius 2 is 1.68 bits per heavy atom. The molecule has 160 valence electrons. The fraction of sp³-hybridized carbons (Fsp3) is 0.333. The molecular formula is C24H25N3O4. The number of hydrogen-bond donors (Lipinski definition) is 1. The van der Waals surface area contributed by atoms with Gasteiger partial charge in [-0.15, -0.1) is 0 Å². The Morgan fingerprint density at radius 1 is 1.00 bits per heavy atom. The van der Waals surface area contributed by atoms with Crippen LogP contribution in [0.25, 0.3) is 6.08 Å². The first-order valence-corrected chi connectivity index (χ1v) is 10.6. The number of hydrogen-bond acceptors (Lipinski definition) is 5. The van der Waals surface area contributed by atoms with Crippen LogP contribution in [0.1, 0.15) is 44.1 Å². The van der Waals surface area contributed by atoms with Crippen LogP contribution in [0.4, 0.5) is 11.4 Å². The molecular weight excluding hydrogens is 394 g/mol. The fourth-order valence-corrected chi connectivity index (χ4v) is 4.43. The molecule has 2 aromatic rings. The quantitative estimate of drug-likeness (QED) is 0.421. The Hall–Kier alpha value is -3.48. The Kier molecular flexibility index (Phi) is 5.84. The van der Waals surface area contributed by atoms with E-state index in [1.807, 2.05) is 36.4 Å². The zero-order chi connectivity index (χ0) is 21.8. The predicted molar refractivity (Wildman–Crippen MR) is 118 cm³/mol. The second-order valence-electron chi connectivity index (χ2n) is 8.18. The van der Waals surface area contributed by atoms with E-state index in [1.165, 1.54) is 17.0 Å². The Labute approximate surface area is 180 Å². The summed E-state index contributed by atoms with van der Waals surface area (Å²) in [4.78, 5) is 38.6. The largest absolute Gasteiger partial charge is 0.368 e. The minimum Gasteiger partial charge on any atom is -0.368 e. The van der Waals surface area contributed by atoms with Crippen LogP contribution in [0.2, 0.25) is 0 Å². The lowest BCUT2D eigenvalue weighted by atomic mass is 9.93. The summed E-state index contributed by atoms with van der Waals surface area (Å²) in [5, 5.41) is 14.2. The number of nitrogens with one attached hydrogen (secondary N) is 1. The summed E-state index contributed by atoms with van der Waals surface area (Å²) < 4.78 is 0. The summed E-state index contributed by atoms with van der Waals surface area (Å²) in [7, 11) is 0. The second-order valence-corrected chi connectivity index (χ2v) is 8.18. The molecule has 1 N–H and O–H groups in total. The smallest absolute Gasteiger partial charge is 0.269 e. The molecule has 4 rings (SSSR count). The highest BCUT2D eigenvalue weighted by Gasteiger charge is 2.52. The van der Waals surface area contributed by atoms with Gasteiger partial charge in [0.2, 0.25) is 5.91 Å². The zero-order valence-corrected chi connectivity index (χ0v) is 17.2. The summed E-state index contributed by atoms with van der Waals surface area (Å²) in [6, 6.07) is 15.4. The monoisotopic (exact) mass is 419 g/mol. The number of nitrogens with zero attached hydrogens (tertiary/aromatic N) is 2. The molecule has 0 aromatic heterocycles. The highest BCUT2D eigenvalue weighted by atomic mass is 16.6. The van der Waals surface area contributed by atoms with E-state index >= 15 is 0 Å². The van der Waals surface area contributed by atoms with Crippen LogP contribution < -0.4 is 5.32 Å². The van der Waals surface area contributed by atoms with Gasteiger partial charge < -0.3 is 5.32 Å². The summed E-state index contributed by atoms with van der Waals surface area (Å²) >= 11 is 0. The number of carbonyl (C=O) groups excluding carboxylic acids is 2. The number of anilines is 1. The van der Waals surface area contributed by atoms with E-state index in [2.05, 4.69) is 5.32 Å². The first kappa shape index (κ1) is 20.8. The van der Waals surface area contributed by atoms with Gasteiger partial charge in [-0.05, 0) is 36.6 Å². The minimum absolute atomic E-state index is 0.0165. The molecule has 1 saturated carbocycles. The zero-order valence-electron chi connectivity index (χ0n) is 17.2. The molecule has 7 heteroatoms. The average molecular weight is 419 g/mol. The summed E-state index contributed by atoms with van der Waals surface area (Å²) in [5.41, 5.74) is 0.219. The Balaban J connectivity index is 1.67. The van der Waals surface area contributed by atoms with Crippen molar-refractivity contribution in [3.05, 3.63) is 76.4 Å². The van der Waals surface area contributed by atoms with Crippen molar-refractivity contribution in [1.82, 2.24) is 4.90 Å². The Morgan fingerprint density at radius 3 is 2.32 bits per heavy atom. The SMILES string of the molecule is O=C1C[C@@](/C=C/c2ccccc2)(Nc2ccc([N+](=O)[O-])cc2)C(=O)N1C1CCCCC1. The summed E-state index contributed by atoms with van der Waals surface area (Å²) in [6.07, 6.45) is 8.46. The van der Waals surface area contributed by atoms with Gasteiger partial charge in [-0.2, -0.15) is 0 Å². The van der Waals surface area contributed by atoms with E-state index in [9.17, 15) is 19.7 Å². The van der Waals surface area contributed by atoms with Gasteiger partial charge in [0.25, 0.3) is 11.6 Å². The lowest BCUT2D eigenvalue weighted by Crippen LogP contribution is -2.48. The maximum Gasteiger partial charge on any atom is 0.269 e. The number of imide groups is 1. The molecule has 1 atom stereocenters. The molecule has 2 fully saturated rings. The van der Waals surface area contributed by atoms with Crippen molar-refractivity contribution in [3.8, 4) is 0 Å². The molecule has 2 aromatic carbocycles. The average Bonchev–Trinajstić information content (AvgIpc) is 3.03. The van der Waals surface area contributed by atoms with E-state index in [1.54, 1.807) is 18.2 Å². The van der Waals surface area contributed by atoms with Crippen LogP contribution in [0.5, 0.6) is 0 Å². The number of rotatable bonds is 6. The van der Waals surface area contributed by atoms with Gasteiger partial charge in [0.1, 0.15) is 5.54 Å². The number of amides is 2. The van der Waals surface area contributed by atoms with Gasteiger partial charge >= 0.3 is 0 Å². The highest BCUT2D eigenvalue weighted by Crippen LogP contribution is 2.35. The van der Waals surface area contributed by atoms with E-state index in [0.717, 1.165) is 37.7 Å². The molecule has 1 saturated heterocycles. The lowest BCUT2D eigenvalue weighted by Gasteiger charge is -2.32. The molecule has 1 aliphatic heterocycles. The number of non-ortho nitro benzene ring substituents is 1. The molecule has 7 nitrogen and oxygen atoms in total. The van der Waals surface area contributed by atoms with Gasteiger partial charge in [0.15, 0.2) is 0 Å². The molecule has 0 radical (unpaired) electrons. The predicted octanol–water partition coefficient (Wildman–Crippen LogP) is 4.55. The molecule has 31 heavy (non-hydrogen) atoms. The third-order valence-electron chi connectivity index (χ3n) is 6.04. The van der Waals surface area contributed by atoms with E-state index < -0.39 is 10.5 Å². The van der Waals surface area contributed by atoms with Crippen LogP contribution >= 0.6 is 0 Å².